The van der Waals surface area contributed by atoms with Crippen LogP contribution in [-0.4, -0.2) is 39.0 Å². The molecule has 0 amide bonds. The van der Waals surface area contributed by atoms with E-state index in [1.807, 2.05) is 24.3 Å². The number of fused-ring (bicyclic) bond motifs is 1. The number of aliphatic imine (C=N–C) groups is 1. The van der Waals surface area contributed by atoms with Crippen molar-refractivity contribution >= 4 is 5.96 Å². The predicted octanol–water partition coefficient (Wildman–Crippen LogP) is 2.71. The summed E-state index contributed by atoms with van der Waals surface area (Å²) in [6.07, 6.45) is 3.40. The molecule has 0 spiro atoms. The molecular formula is C20H27N3O4. The van der Waals surface area contributed by atoms with Gasteiger partial charge in [0.25, 0.3) is 0 Å². The third-order valence-corrected chi connectivity index (χ3v) is 4.03. The Balaban J connectivity index is 1.34. The van der Waals surface area contributed by atoms with Gasteiger partial charge in [-0.1, -0.05) is 6.07 Å². The van der Waals surface area contributed by atoms with Gasteiger partial charge in [0.05, 0.1) is 6.26 Å². The molecule has 7 nitrogen and oxygen atoms in total. The molecule has 1 aliphatic heterocycles. The van der Waals surface area contributed by atoms with Crippen LogP contribution in [0.5, 0.6) is 11.5 Å². The third kappa shape index (κ3) is 6.21. The van der Waals surface area contributed by atoms with E-state index in [2.05, 4.69) is 28.6 Å². The van der Waals surface area contributed by atoms with Crippen molar-refractivity contribution in [3.63, 3.8) is 0 Å². The van der Waals surface area contributed by atoms with Gasteiger partial charge in [-0.3, -0.25) is 4.99 Å². The van der Waals surface area contributed by atoms with Crippen LogP contribution in [0.25, 0.3) is 0 Å². The second-order valence-corrected chi connectivity index (χ2v) is 6.11. The van der Waals surface area contributed by atoms with Crippen LogP contribution in [0.4, 0.5) is 0 Å². The highest BCUT2D eigenvalue weighted by molar-refractivity contribution is 5.79. The number of rotatable bonds is 10. The first-order valence-corrected chi connectivity index (χ1v) is 9.36. The summed E-state index contributed by atoms with van der Waals surface area (Å²) >= 11 is 0. The van der Waals surface area contributed by atoms with Gasteiger partial charge < -0.3 is 29.3 Å². The molecule has 2 heterocycles. The molecule has 0 bridgehead atoms. The number of nitrogens with zero attached hydrogens (tertiary/aromatic N) is 1. The van der Waals surface area contributed by atoms with E-state index >= 15 is 0 Å². The van der Waals surface area contributed by atoms with E-state index in [9.17, 15) is 0 Å². The van der Waals surface area contributed by atoms with Gasteiger partial charge in [0.1, 0.15) is 12.4 Å². The summed E-state index contributed by atoms with van der Waals surface area (Å²) in [5.41, 5.74) is 1.20. The number of ether oxygens (including phenoxy) is 3. The maximum Gasteiger partial charge on any atom is 0.231 e. The fraction of sp³-hybridized carbons (Fsp3) is 0.450. The zero-order chi connectivity index (χ0) is 18.7. The van der Waals surface area contributed by atoms with Crippen LogP contribution in [0.1, 0.15) is 24.7 Å². The highest BCUT2D eigenvalue weighted by atomic mass is 16.7. The van der Waals surface area contributed by atoms with Gasteiger partial charge in [0.2, 0.25) is 6.79 Å². The Morgan fingerprint density at radius 2 is 2.11 bits per heavy atom. The lowest BCUT2D eigenvalue weighted by Gasteiger charge is -2.11. The molecule has 2 N–H and O–H groups in total. The number of nitrogens with one attached hydrogen (secondary N) is 2. The van der Waals surface area contributed by atoms with Crippen LogP contribution < -0.4 is 20.1 Å². The summed E-state index contributed by atoms with van der Waals surface area (Å²) < 4.78 is 21.6. The van der Waals surface area contributed by atoms with Gasteiger partial charge in [-0.2, -0.15) is 0 Å². The van der Waals surface area contributed by atoms with E-state index < -0.39 is 0 Å². The van der Waals surface area contributed by atoms with Crippen molar-refractivity contribution < 1.29 is 18.6 Å². The molecule has 2 aromatic rings. The Kier molecular flexibility index (Phi) is 7.41. The van der Waals surface area contributed by atoms with Crippen LogP contribution in [0, 0.1) is 0 Å². The molecule has 146 valence electrons. The minimum Gasteiger partial charge on any atom is -0.467 e. The largest absolute Gasteiger partial charge is 0.467 e. The smallest absolute Gasteiger partial charge is 0.231 e. The van der Waals surface area contributed by atoms with E-state index in [0.29, 0.717) is 26.6 Å². The second-order valence-electron chi connectivity index (χ2n) is 6.11. The van der Waals surface area contributed by atoms with Crippen LogP contribution >= 0.6 is 0 Å². The molecule has 27 heavy (non-hydrogen) atoms. The highest BCUT2D eigenvalue weighted by Crippen LogP contribution is 2.32. The predicted molar refractivity (Wildman–Crippen MR) is 103 cm³/mol. The Morgan fingerprint density at radius 1 is 1.19 bits per heavy atom. The molecule has 7 heteroatoms. The lowest BCUT2D eigenvalue weighted by Crippen LogP contribution is -2.38. The average molecular weight is 373 g/mol. The average Bonchev–Trinajstić information content (AvgIpc) is 3.35. The number of benzene rings is 1. The van der Waals surface area contributed by atoms with Gasteiger partial charge in [-0.25, -0.2) is 0 Å². The van der Waals surface area contributed by atoms with Crippen molar-refractivity contribution in [2.75, 3.05) is 33.0 Å². The zero-order valence-electron chi connectivity index (χ0n) is 15.7. The summed E-state index contributed by atoms with van der Waals surface area (Å²) in [7, 11) is 0. The molecule has 1 aliphatic rings. The molecule has 0 atom stereocenters. The van der Waals surface area contributed by atoms with Crippen LogP contribution in [0.3, 0.4) is 0 Å². The molecule has 0 radical (unpaired) electrons. The number of hydrogen-bond acceptors (Lipinski definition) is 5. The quantitative estimate of drug-likeness (QED) is 0.379. The van der Waals surface area contributed by atoms with Crippen molar-refractivity contribution in [1.82, 2.24) is 10.6 Å². The SMILES string of the molecule is CCNC(=NCCCOCc1ccco1)NCCc1ccc2c(c1)OCO2. The van der Waals surface area contributed by atoms with Crippen LogP contribution in [0.2, 0.25) is 0 Å². The van der Waals surface area contributed by atoms with E-state index in [-0.39, 0.29) is 0 Å². The van der Waals surface area contributed by atoms with Crippen LogP contribution in [0.15, 0.2) is 46.0 Å². The summed E-state index contributed by atoms with van der Waals surface area (Å²) in [5, 5.41) is 6.62. The molecule has 0 fully saturated rings. The summed E-state index contributed by atoms with van der Waals surface area (Å²) in [5.74, 6) is 3.31. The fourth-order valence-corrected chi connectivity index (χ4v) is 2.69. The highest BCUT2D eigenvalue weighted by Gasteiger charge is 2.12. The molecule has 1 aromatic heterocycles. The molecular weight excluding hydrogens is 346 g/mol. The monoisotopic (exact) mass is 373 g/mol. The van der Waals surface area contributed by atoms with E-state index in [4.69, 9.17) is 18.6 Å². The lowest BCUT2D eigenvalue weighted by molar-refractivity contribution is 0.105. The first-order valence-electron chi connectivity index (χ1n) is 9.36. The number of guanidine groups is 1. The standard InChI is InChI=1S/C20H27N3O4/c1-2-21-20(22-9-4-11-24-14-17-5-3-12-25-17)23-10-8-16-6-7-18-19(13-16)27-15-26-18/h3,5-7,12-13H,2,4,8-11,14-15H2,1H3,(H2,21,22,23). The normalized spacial score (nSPS) is 13.0. The molecule has 0 saturated carbocycles. The fourth-order valence-electron chi connectivity index (χ4n) is 2.69. The van der Waals surface area contributed by atoms with E-state index in [1.165, 1.54) is 5.56 Å². The molecule has 0 saturated heterocycles. The molecule has 1 aromatic carbocycles. The van der Waals surface area contributed by atoms with Crippen molar-refractivity contribution in [2.24, 2.45) is 4.99 Å². The Labute approximate surface area is 159 Å². The second kappa shape index (κ2) is 10.5. The maximum atomic E-state index is 5.57. The van der Waals surface area contributed by atoms with Gasteiger partial charge in [-0.05, 0) is 49.6 Å². The Morgan fingerprint density at radius 3 is 2.96 bits per heavy atom. The summed E-state index contributed by atoms with van der Waals surface area (Å²) in [6, 6.07) is 9.83. The van der Waals surface area contributed by atoms with Crippen molar-refractivity contribution in [3.8, 4) is 11.5 Å². The zero-order valence-corrected chi connectivity index (χ0v) is 15.7. The molecule has 0 unspecified atom stereocenters. The first-order chi connectivity index (χ1) is 13.3. The first kappa shape index (κ1) is 19.1. The van der Waals surface area contributed by atoms with Crippen LogP contribution in [-0.2, 0) is 17.8 Å². The molecule has 0 aliphatic carbocycles. The van der Waals surface area contributed by atoms with E-state index in [0.717, 1.165) is 49.1 Å². The van der Waals surface area contributed by atoms with E-state index in [1.54, 1.807) is 6.26 Å². The number of hydrogen-bond donors (Lipinski definition) is 2. The van der Waals surface area contributed by atoms with Crippen molar-refractivity contribution in [2.45, 2.75) is 26.4 Å². The van der Waals surface area contributed by atoms with Gasteiger partial charge in [0.15, 0.2) is 17.5 Å². The van der Waals surface area contributed by atoms with Gasteiger partial charge in [0, 0.05) is 26.2 Å². The topological polar surface area (TPSA) is 77.3 Å². The summed E-state index contributed by atoms with van der Waals surface area (Å²) in [4.78, 5) is 4.58. The van der Waals surface area contributed by atoms with Crippen molar-refractivity contribution in [1.29, 1.82) is 0 Å². The number of furan rings is 1. The Bertz CT molecular complexity index is 716. The minimum atomic E-state index is 0.305. The maximum absolute atomic E-state index is 5.57. The lowest BCUT2D eigenvalue weighted by atomic mass is 10.1. The Hall–Kier alpha value is -2.67. The van der Waals surface area contributed by atoms with Gasteiger partial charge in [-0.15, -0.1) is 0 Å². The van der Waals surface area contributed by atoms with Gasteiger partial charge >= 0.3 is 0 Å². The third-order valence-electron chi connectivity index (χ3n) is 4.03. The summed E-state index contributed by atoms with van der Waals surface area (Å²) in [6.45, 7) is 5.84. The van der Waals surface area contributed by atoms with Crippen molar-refractivity contribution in [3.05, 3.63) is 47.9 Å². The minimum absolute atomic E-state index is 0.305. The molecule has 3 rings (SSSR count).